The number of anilines is 1. The van der Waals surface area contributed by atoms with Gasteiger partial charge in [-0.1, -0.05) is 62.8 Å². The van der Waals surface area contributed by atoms with Crippen LogP contribution in [0, 0.1) is 37.2 Å². The third-order valence-corrected chi connectivity index (χ3v) is 13.3. The number of likely N-dealkylation sites (tertiary alicyclic amines) is 1. The molecule has 1 saturated heterocycles. The minimum Gasteiger partial charge on any atom is -0.542 e. The number of fused-ring (bicyclic) bond motifs is 2. The predicted octanol–water partition coefficient (Wildman–Crippen LogP) is 7.79. The van der Waals surface area contributed by atoms with E-state index in [4.69, 9.17) is 21.1 Å². The van der Waals surface area contributed by atoms with E-state index < -0.39 is 29.4 Å². The maximum absolute atomic E-state index is 16.1. The molecule has 7 rings (SSSR count). The molecule has 2 atom stereocenters. The molecule has 2 unspecified atom stereocenters. The number of rotatable bonds is 19. The molecule has 1 aromatic heterocycles. The molecule has 3 aromatic carbocycles. The number of ether oxygens (including phenoxy) is 1. The van der Waals surface area contributed by atoms with Crippen LogP contribution in [0.15, 0.2) is 55.4 Å². The van der Waals surface area contributed by atoms with Crippen LogP contribution in [0.4, 0.5) is 19.0 Å². The standard InChI is InChI=1S/C49H55ClF3N5O4.C3H5O.Li/c1-4-31-25-34(59)17-18-41(47(31)60)58-29-38-35(26-33(51)27-36(38)49(58)61)32-19-22-56(23-20-32)21-12-10-8-7-9-11-13-24-62-42-16-14-15-40(52)44(42)43-39(50)28-37-46(45(43)53)54-30-55-48(37)57(5-2)6-3;1-2-3-4;/h4,14-16,26-28,30-32,41H,1-3,5-13,17-25,29H2;2H2,1H3;/q-2;-1;+1. The Kier molecular flexibility index (Phi) is 20.5. The summed E-state index contributed by atoms with van der Waals surface area (Å²) in [6, 6.07) is 8.12. The molecule has 0 bridgehead atoms. The zero-order chi connectivity index (χ0) is 47.3. The van der Waals surface area contributed by atoms with Crippen molar-refractivity contribution in [3.8, 4) is 16.9 Å². The Morgan fingerprint density at radius 3 is 2.31 bits per heavy atom. The van der Waals surface area contributed by atoms with Gasteiger partial charge in [0.15, 0.2) is 11.6 Å². The summed E-state index contributed by atoms with van der Waals surface area (Å²) in [5.41, 5.74) is 1.90. The second-order valence-corrected chi connectivity index (χ2v) is 17.6. The SMILES string of the molecule is C=CC1CC(=O)CCC(N2Cc3c(cc(F)cc3C3CCN(CCCCCCCCCOc4cccc(F)c4-c4c(Cl)cc5c(N(C[CH2-])C[CH2-])ncnc5c4F)CC3)C2=O)C1=O.CC[C-]=O.[Li+]. The average Bonchev–Trinajstić information content (AvgIpc) is 3.56. The van der Waals surface area contributed by atoms with E-state index in [2.05, 4.69) is 35.3 Å². The van der Waals surface area contributed by atoms with Crippen LogP contribution in [0.5, 0.6) is 5.75 Å². The fraction of sp³-hybridized carbons (Fsp3) is 0.462. The van der Waals surface area contributed by atoms with E-state index in [-0.39, 0.29) is 95.5 Å². The molecular weight excluding hydrogens is 874 g/mol. The second-order valence-electron chi connectivity index (χ2n) is 17.2. The third-order valence-electron chi connectivity index (χ3n) is 13.0. The van der Waals surface area contributed by atoms with Crippen molar-refractivity contribution < 1.29 is 55.9 Å². The van der Waals surface area contributed by atoms with Crippen molar-refractivity contribution in [1.82, 2.24) is 19.8 Å². The van der Waals surface area contributed by atoms with Gasteiger partial charge in [0.1, 0.15) is 40.8 Å². The fourth-order valence-electron chi connectivity index (χ4n) is 9.44. The van der Waals surface area contributed by atoms with Gasteiger partial charge in [-0.15, -0.1) is 19.7 Å². The smallest absolute Gasteiger partial charge is 0.542 e. The van der Waals surface area contributed by atoms with Gasteiger partial charge in [0.2, 0.25) is 0 Å². The first-order valence-electron chi connectivity index (χ1n) is 23.2. The monoisotopic (exact) mass is 933 g/mol. The summed E-state index contributed by atoms with van der Waals surface area (Å²) in [7, 11) is 0. The van der Waals surface area contributed by atoms with Crippen LogP contribution in [-0.4, -0.2) is 88.9 Å². The number of Topliss-reactive ketones (excluding diaryl/α,β-unsaturated/α-hetero) is 2. The molecule has 2 aliphatic heterocycles. The molecule has 67 heavy (non-hydrogen) atoms. The van der Waals surface area contributed by atoms with Crippen molar-refractivity contribution in [2.24, 2.45) is 5.92 Å². The van der Waals surface area contributed by atoms with Crippen LogP contribution in [-0.2, 0) is 20.9 Å². The maximum atomic E-state index is 16.1. The largest absolute Gasteiger partial charge is 1.00 e. The van der Waals surface area contributed by atoms with Crippen LogP contribution < -0.4 is 28.5 Å². The molecule has 1 saturated carbocycles. The van der Waals surface area contributed by atoms with E-state index in [0.29, 0.717) is 42.9 Å². The van der Waals surface area contributed by atoms with Gasteiger partial charge in [0.05, 0.1) is 23.2 Å². The molecule has 2 fully saturated rings. The van der Waals surface area contributed by atoms with Gasteiger partial charge in [-0.3, -0.25) is 20.7 Å². The van der Waals surface area contributed by atoms with Gasteiger partial charge >= 0.3 is 18.9 Å². The summed E-state index contributed by atoms with van der Waals surface area (Å²) in [6.45, 7) is 17.4. The number of hydrogen-bond donors (Lipinski definition) is 0. The van der Waals surface area contributed by atoms with Gasteiger partial charge in [0.25, 0.3) is 5.91 Å². The number of benzene rings is 3. The third kappa shape index (κ3) is 12.8. The van der Waals surface area contributed by atoms with E-state index in [0.717, 1.165) is 88.5 Å². The molecular formula is C52H60ClF3LiN5O5-2. The van der Waals surface area contributed by atoms with Crippen molar-refractivity contribution >= 4 is 52.1 Å². The molecule has 10 nitrogen and oxygen atoms in total. The predicted molar refractivity (Wildman–Crippen MR) is 253 cm³/mol. The number of carbonyl (C=O) groups excluding carboxylic acids is 4. The number of halogens is 4. The van der Waals surface area contributed by atoms with Crippen LogP contribution in [0.25, 0.3) is 22.0 Å². The number of unbranched alkanes of at least 4 members (excludes halogenated alkanes) is 6. The normalized spacial score (nSPS) is 17.7. The first-order valence-corrected chi connectivity index (χ1v) is 23.6. The van der Waals surface area contributed by atoms with Crippen molar-refractivity contribution in [2.45, 2.75) is 109 Å². The number of ketones is 2. The van der Waals surface area contributed by atoms with Crippen molar-refractivity contribution in [3.63, 3.8) is 0 Å². The molecule has 0 N–H and O–H groups in total. The van der Waals surface area contributed by atoms with Crippen LogP contribution >= 0.6 is 11.6 Å². The summed E-state index contributed by atoms with van der Waals surface area (Å²) in [4.78, 5) is 62.5. The molecule has 354 valence electrons. The molecule has 4 aromatic rings. The molecule has 3 heterocycles. The summed E-state index contributed by atoms with van der Waals surface area (Å²) in [6.07, 6.45) is 14.5. The molecule has 0 spiro atoms. The Labute approximate surface area is 410 Å². The van der Waals surface area contributed by atoms with Crippen molar-refractivity contribution in [3.05, 3.63) is 108 Å². The molecule has 1 amide bonds. The van der Waals surface area contributed by atoms with Crippen LogP contribution in [0.1, 0.15) is 118 Å². The number of carbonyl (C=O) groups is 3. The van der Waals surface area contributed by atoms with Gasteiger partial charge in [-0.2, -0.15) is 6.42 Å². The van der Waals surface area contributed by atoms with Crippen LogP contribution in [0.2, 0.25) is 5.02 Å². The van der Waals surface area contributed by atoms with E-state index in [9.17, 15) is 18.8 Å². The Hall–Kier alpha value is -4.54. The van der Waals surface area contributed by atoms with Gasteiger partial charge in [0, 0.05) is 41.8 Å². The van der Waals surface area contributed by atoms with Gasteiger partial charge in [-0.05, 0) is 99.1 Å². The quantitative estimate of drug-likeness (QED) is 0.0306. The fourth-order valence-corrected chi connectivity index (χ4v) is 9.73. The van der Waals surface area contributed by atoms with E-state index in [1.54, 1.807) is 41.2 Å². The Bertz CT molecular complexity index is 2380. The van der Waals surface area contributed by atoms with E-state index in [1.807, 2.05) is 0 Å². The van der Waals surface area contributed by atoms with Crippen molar-refractivity contribution in [1.29, 1.82) is 0 Å². The zero-order valence-corrected chi connectivity index (χ0v) is 39.7. The molecule has 1 aliphatic carbocycles. The summed E-state index contributed by atoms with van der Waals surface area (Å²) < 4.78 is 52.5. The Balaban J connectivity index is 0.00000161. The number of allylic oxidation sites excluding steroid dienone is 1. The first kappa shape index (κ1) is 53.4. The molecule has 0 radical (unpaired) electrons. The topological polar surface area (TPSA) is 113 Å². The summed E-state index contributed by atoms with van der Waals surface area (Å²) >= 11 is 6.64. The maximum Gasteiger partial charge on any atom is 1.00 e. The summed E-state index contributed by atoms with van der Waals surface area (Å²) in [5, 5.41) is 0.407. The number of nitrogens with zero attached hydrogens (tertiary/aromatic N) is 5. The van der Waals surface area contributed by atoms with E-state index >= 15 is 8.78 Å². The minimum absolute atomic E-state index is 0. The van der Waals surface area contributed by atoms with Crippen LogP contribution in [0.3, 0.4) is 0 Å². The zero-order valence-electron chi connectivity index (χ0n) is 38.9. The number of amides is 1. The second kappa shape index (κ2) is 25.7. The van der Waals surface area contributed by atoms with Gasteiger partial charge in [-0.25, -0.2) is 23.1 Å². The average molecular weight is 934 g/mol. The van der Waals surface area contributed by atoms with Crippen molar-refractivity contribution in [2.75, 3.05) is 44.2 Å². The van der Waals surface area contributed by atoms with E-state index in [1.165, 1.54) is 30.6 Å². The Morgan fingerprint density at radius 2 is 1.64 bits per heavy atom. The number of hydrogen-bond acceptors (Lipinski definition) is 9. The Morgan fingerprint density at radius 1 is 0.955 bits per heavy atom. The molecule has 15 heteroatoms. The molecule has 3 aliphatic rings. The number of piperidine rings is 1. The van der Waals surface area contributed by atoms with Gasteiger partial charge < -0.3 is 38.1 Å². The number of aromatic nitrogens is 2. The first-order chi connectivity index (χ1) is 31.9. The summed E-state index contributed by atoms with van der Waals surface area (Å²) in [5.74, 6) is -2.16. The minimum atomic E-state index is -0.754.